The summed E-state index contributed by atoms with van der Waals surface area (Å²) in [4.78, 5) is 21.1. The van der Waals surface area contributed by atoms with Crippen molar-refractivity contribution in [3.63, 3.8) is 0 Å². The molecule has 8 nitrogen and oxygen atoms in total. The van der Waals surface area contributed by atoms with E-state index >= 15 is 0 Å². The third-order valence-corrected chi connectivity index (χ3v) is 4.53. The Kier molecular flexibility index (Phi) is 4.26. The van der Waals surface area contributed by atoms with E-state index in [1.165, 1.54) is 0 Å². The van der Waals surface area contributed by atoms with Crippen molar-refractivity contribution in [1.29, 1.82) is 0 Å². The number of anilines is 1. The zero-order valence-corrected chi connectivity index (χ0v) is 14.4. The lowest BCUT2D eigenvalue weighted by atomic mass is 9.90. The van der Waals surface area contributed by atoms with E-state index in [4.69, 9.17) is 9.26 Å². The topological polar surface area (TPSA) is 102 Å². The minimum absolute atomic E-state index is 0.323. The highest BCUT2D eigenvalue weighted by Gasteiger charge is 2.41. The molecule has 0 radical (unpaired) electrons. The second-order valence-electron chi connectivity index (χ2n) is 6.36. The summed E-state index contributed by atoms with van der Waals surface area (Å²) < 4.78 is 10.8. The largest absolute Gasteiger partial charge is 0.381 e. The number of nitrogens with zero attached hydrogens (tertiary/aromatic N) is 3. The minimum Gasteiger partial charge on any atom is -0.381 e. The molecular weight excluding hydrogens is 334 g/mol. The third-order valence-electron chi connectivity index (χ3n) is 4.53. The fraction of sp³-hybridized carbons (Fsp3) is 0.333. The van der Waals surface area contributed by atoms with Crippen LogP contribution in [0.4, 0.5) is 10.5 Å². The highest BCUT2D eigenvalue weighted by atomic mass is 16.5. The Balaban J connectivity index is 1.54. The number of hydrogen-bond donors (Lipinski definition) is 2. The number of carbonyl (C=O) groups is 1. The summed E-state index contributed by atoms with van der Waals surface area (Å²) in [5, 5.41) is 11.8. The van der Waals surface area contributed by atoms with E-state index < -0.39 is 5.54 Å². The van der Waals surface area contributed by atoms with Crippen molar-refractivity contribution in [3.8, 4) is 0 Å². The van der Waals surface area contributed by atoms with E-state index in [1.807, 2.05) is 24.3 Å². The smallest absolute Gasteiger partial charge is 0.320 e. The molecule has 2 amide bonds. The number of pyridine rings is 1. The molecule has 0 aliphatic carbocycles. The Hall–Kier alpha value is -3.00. The summed E-state index contributed by atoms with van der Waals surface area (Å²) in [5.74, 6) is 0.953. The Bertz CT molecular complexity index is 933. The molecule has 134 valence electrons. The zero-order chi connectivity index (χ0) is 18.0. The van der Waals surface area contributed by atoms with Gasteiger partial charge in [-0.1, -0.05) is 11.2 Å². The van der Waals surface area contributed by atoms with E-state index in [0.29, 0.717) is 43.5 Å². The molecule has 1 aliphatic rings. The maximum Gasteiger partial charge on any atom is 0.320 e. The first-order valence-corrected chi connectivity index (χ1v) is 8.46. The Labute approximate surface area is 149 Å². The predicted octanol–water partition coefficient (Wildman–Crippen LogP) is 2.75. The standard InChI is InChI=1S/C18H19N5O3/c1-12-20-16(26-23-12)18(5-8-25-9-6-18)22-17(24)21-15-3-2-14-11-19-7-4-13(14)10-15/h2-4,7,10-11H,5-6,8-9H2,1H3,(H2,21,22,24). The third kappa shape index (κ3) is 3.23. The normalized spacial score (nSPS) is 16.3. The van der Waals surface area contributed by atoms with Gasteiger partial charge in [-0.05, 0) is 30.5 Å². The van der Waals surface area contributed by atoms with Crippen LogP contribution in [0.3, 0.4) is 0 Å². The van der Waals surface area contributed by atoms with Crippen LogP contribution in [0.15, 0.2) is 41.2 Å². The number of aromatic nitrogens is 3. The van der Waals surface area contributed by atoms with Crippen molar-refractivity contribution in [3.05, 3.63) is 48.4 Å². The van der Waals surface area contributed by atoms with Crippen LogP contribution in [0.2, 0.25) is 0 Å². The number of hydrogen-bond acceptors (Lipinski definition) is 6. The van der Waals surface area contributed by atoms with Gasteiger partial charge in [0.15, 0.2) is 5.82 Å². The highest BCUT2D eigenvalue weighted by Crippen LogP contribution is 2.31. The molecule has 0 unspecified atom stereocenters. The summed E-state index contributed by atoms with van der Waals surface area (Å²) in [6.07, 6.45) is 4.66. The van der Waals surface area contributed by atoms with Crippen molar-refractivity contribution in [1.82, 2.24) is 20.4 Å². The maximum absolute atomic E-state index is 12.6. The molecule has 2 N–H and O–H groups in total. The van der Waals surface area contributed by atoms with Crippen molar-refractivity contribution in [2.75, 3.05) is 18.5 Å². The van der Waals surface area contributed by atoms with Crippen molar-refractivity contribution < 1.29 is 14.1 Å². The monoisotopic (exact) mass is 353 g/mol. The summed E-state index contributed by atoms with van der Waals surface area (Å²) in [5.41, 5.74) is -0.0187. The molecule has 0 saturated carbocycles. The molecule has 1 aliphatic heterocycles. The van der Waals surface area contributed by atoms with Crippen LogP contribution >= 0.6 is 0 Å². The number of benzene rings is 1. The molecule has 2 aromatic heterocycles. The first kappa shape index (κ1) is 16.5. The molecule has 26 heavy (non-hydrogen) atoms. The van der Waals surface area contributed by atoms with Gasteiger partial charge >= 0.3 is 6.03 Å². The van der Waals surface area contributed by atoms with Crippen LogP contribution in [-0.4, -0.2) is 34.4 Å². The van der Waals surface area contributed by atoms with Crippen LogP contribution < -0.4 is 10.6 Å². The lowest BCUT2D eigenvalue weighted by Gasteiger charge is -2.34. The van der Waals surface area contributed by atoms with Gasteiger partial charge in [-0.2, -0.15) is 4.98 Å². The SMILES string of the molecule is Cc1noc(C2(NC(=O)Nc3ccc4cnccc4c3)CCOCC2)n1. The molecule has 1 aromatic carbocycles. The molecule has 3 aromatic rings. The van der Waals surface area contributed by atoms with Gasteiger partial charge in [-0.3, -0.25) is 4.98 Å². The second kappa shape index (κ2) is 6.72. The number of carbonyl (C=O) groups excluding carboxylic acids is 1. The van der Waals surface area contributed by atoms with Gasteiger partial charge in [0.25, 0.3) is 5.89 Å². The molecule has 0 spiro atoms. The van der Waals surface area contributed by atoms with Gasteiger partial charge in [0, 0.05) is 49.5 Å². The van der Waals surface area contributed by atoms with E-state index in [0.717, 1.165) is 10.8 Å². The summed E-state index contributed by atoms with van der Waals surface area (Å²) in [7, 11) is 0. The van der Waals surface area contributed by atoms with Gasteiger partial charge in [-0.15, -0.1) is 0 Å². The molecule has 1 fully saturated rings. The fourth-order valence-electron chi connectivity index (χ4n) is 3.14. The highest BCUT2D eigenvalue weighted by molar-refractivity contribution is 5.93. The molecular formula is C18H19N5O3. The molecule has 1 saturated heterocycles. The van der Waals surface area contributed by atoms with Gasteiger partial charge in [0.05, 0.1) is 0 Å². The number of fused-ring (bicyclic) bond motifs is 1. The second-order valence-corrected chi connectivity index (χ2v) is 6.36. The molecule has 4 rings (SSSR count). The molecule has 0 atom stereocenters. The Morgan fingerprint density at radius 2 is 2.04 bits per heavy atom. The van der Waals surface area contributed by atoms with Gasteiger partial charge in [0.2, 0.25) is 0 Å². The van der Waals surface area contributed by atoms with Crippen molar-refractivity contribution >= 4 is 22.5 Å². The van der Waals surface area contributed by atoms with E-state index in [9.17, 15) is 4.79 Å². The van der Waals surface area contributed by atoms with Crippen LogP contribution in [0, 0.1) is 6.92 Å². The van der Waals surface area contributed by atoms with Gasteiger partial charge < -0.3 is 19.9 Å². The average Bonchev–Trinajstić information content (AvgIpc) is 3.09. The number of nitrogens with one attached hydrogen (secondary N) is 2. The average molecular weight is 353 g/mol. The minimum atomic E-state index is -0.718. The van der Waals surface area contributed by atoms with E-state index in [2.05, 4.69) is 25.8 Å². The van der Waals surface area contributed by atoms with Crippen molar-refractivity contribution in [2.45, 2.75) is 25.3 Å². The zero-order valence-electron chi connectivity index (χ0n) is 14.4. The quantitative estimate of drug-likeness (QED) is 0.751. The summed E-state index contributed by atoms with van der Waals surface area (Å²) >= 11 is 0. The molecule has 3 heterocycles. The van der Waals surface area contributed by atoms with E-state index in [1.54, 1.807) is 19.3 Å². The fourth-order valence-corrected chi connectivity index (χ4v) is 3.14. The number of amides is 2. The first-order chi connectivity index (χ1) is 12.6. The Morgan fingerprint density at radius 3 is 2.81 bits per heavy atom. The number of ether oxygens (including phenoxy) is 1. The predicted molar refractivity (Wildman–Crippen MR) is 94.7 cm³/mol. The summed E-state index contributed by atoms with van der Waals surface area (Å²) in [6, 6.07) is 7.25. The lowest BCUT2D eigenvalue weighted by molar-refractivity contribution is 0.0285. The van der Waals surface area contributed by atoms with Crippen molar-refractivity contribution in [2.24, 2.45) is 0 Å². The number of urea groups is 1. The van der Waals surface area contributed by atoms with Crippen LogP contribution in [-0.2, 0) is 10.3 Å². The Morgan fingerprint density at radius 1 is 1.19 bits per heavy atom. The molecule has 8 heteroatoms. The van der Waals surface area contributed by atoms with Crippen LogP contribution in [0.25, 0.3) is 10.8 Å². The maximum atomic E-state index is 12.6. The van der Waals surface area contributed by atoms with E-state index in [-0.39, 0.29) is 6.03 Å². The lowest BCUT2D eigenvalue weighted by Crippen LogP contribution is -2.51. The van der Waals surface area contributed by atoms with Gasteiger partial charge in [0.1, 0.15) is 5.54 Å². The van der Waals surface area contributed by atoms with Crippen LogP contribution in [0.1, 0.15) is 24.6 Å². The van der Waals surface area contributed by atoms with Crippen LogP contribution in [0.5, 0.6) is 0 Å². The summed E-state index contributed by atoms with van der Waals surface area (Å²) in [6.45, 7) is 2.79. The number of aryl methyl sites for hydroxylation is 1. The number of rotatable bonds is 3. The van der Waals surface area contributed by atoms with Gasteiger partial charge in [-0.25, -0.2) is 4.79 Å². The first-order valence-electron chi connectivity index (χ1n) is 8.46. The molecule has 0 bridgehead atoms.